The highest BCUT2D eigenvalue weighted by atomic mass is 32.2. The van der Waals surface area contributed by atoms with Crippen LogP contribution in [0.3, 0.4) is 0 Å². The van der Waals surface area contributed by atoms with Crippen molar-refractivity contribution in [3.8, 4) is 0 Å². The van der Waals surface area contributed by atoms with Gasteiger partial charge in [0.25, 0.3) is 10.0 Å². The lowest BCUT2D eigenvalue weighted by atomic mass is 10.1. The molecule has 0 aromatic carbocycles. The number of rotatable bonds is 4. The minimum atomic E-state index is -3.44. The van der Waals surface area contributed by atoms with Crippen molar-refractivity contribution in [2.45, 2.75) is 43.8 Å². The molecule has 2 rings (SSSR count). The molecule has 7 heteroatoms. The van der Waals surface area contributed by atoms with E-state index in [9.17, 15) is 8.42 Å². The minimum Gasteiger partial charge on any atom is -0.335 e. The predicted molar refractivity (Wildman–Crippen MR) is 68.6 cm³/mol. The van der Waals surface area contributed by atoms with Crippen molar-refractivity contribution < 1.29 is 8.42 Å². The first-order valence-corrected chi connectivity index (χ1v) is 7.72. The van der Waals surface area contributed by atoms with Gasteiger partial charge in [0.05, 0.1) is 12.5 Å². The Morgan fingerprint density at radius 3 is 2.61 bits per heavy atom. The lowest BCUT2D eigenvalue weighted by molar-refractivity contribution is 0.168. The van der Waals surface area contributed by atoms with E-state index >= 15 is 0 Å². The molecule has 1 aliphatic heterocycles. The highest BCUT2D eigenvalue weighted by Gasteiger charge is 2.25. The molecule has 0 bridgehead atoms. The Kier molecular flexibility index (Phi) is 4.04. The SMILES string of the molecule is CC(C)N1CCC(NS(=O)(=O)c2cnc[nH]2)CC1. The van der Waals surface area contributed by atoms with Crippen molar-refractivity contribution in [3.63, 3.8) is 0 Å². The van der Waals surface area contributed by atoms with Crippen LogP contribution < -0.4 is 4.72 Å². The molecule has 102 valence electrons. The largest absolute Gasteiger partial charge is 0.335 e. The molecule has 1 aromatic heterocycles. The molecule has 1 fully saturated rings. The number of aromatic nitrogens is 2. The first-order valence-electron chi connectivity index (χ1n) is 6.24. The van der Waals surface area contributed by atoms with Gasteiger partial charge in [-0.1, -0.05) is 0 Å². The van der Waals surface area contributed by atoms with Gasteiger partial charge in [-0.25, -0.2) is 18.1 Å². The molecular formula is C11H20N4O2S. The highest BCUT2D eigenvalue weighted by Crippen LogP contribution is 2.15. The molecule has 0 saturated carbocycles. The second-order valence-electron chi connectivity index (χ2n) is 4.94. The molecule has 1 aromatic rings. The van der Waals surface area contributed by atoms with Gasteiger partial charge in [0, 0.05) is 12.1 Å². The van der Waals surface area contributed by atoms with E-state index in [1.807, 2.05) is 0 Å². The zero-order valence-corrected chi connectivity index (χ0v) is 11.6. The van der Waals surface area contributed by atoms with Crippen molar-refractivity contribution in [3.05, 3.63) is 12.5 Å². The third-order valence-electron chi connectivity index (χ3n) is 3.34. The average molecular weight is 272 g/mol. The van der Waals surface area contributed by atoms with Crippen LogP contribution in [-0.2, 0) is 10.0 Å². The van der Waals surface area contributed by atoms with Crippen molar-refractivity contribution in [1.82, 2.24) is 19.6 Å². The van der Waals surface area contributed by atoms with Crippen LogP contribution in [0.2, 0.25) is 0 Å². The summed E-state index contributed by atoms with van der Waals surface area (Å²) in [4.78, 5) is 8.72. The van der Waals surface area contributed by atoms with Crippen LogP contribution in [0.15, 0.2) is 17.6 Å². The maximum Gasteiger partial charge on any atom is 0.257 e. The molecule has 2 N–H and O–H groups in total. The predicted octanol–water partition coefficient (Wildman–Crippen LogP) is 0.561. The standard InChI is InChI=1S/C11H20N4O2S/c1-9(2)15-5-3-10(4-6-15)14-18(16,17)11-7-12-8-13-11/h7-10,14H,3-6H2,1-2H3,(H,12,13). The van der Waals surface area contributed by atoms with Crippen molar-refractivity contribution in [1.29, 1.82) is 0 Å². The number of imidazole rings is 1. The highest BCUT2D eigenvalue weighted by molar-refractivity contribution is 7.89. The fraction of sp³-hybridized carbons (Fsp3) is 0.727. The van der Waals surface area contributed by atoms with Crippen molar-refractivity contribution in [2.24, 2.45) is 0 Å². The van der Waals surface area contributed by atoms with Crippen LogP contribution in [-0.4, -0.2) is 48.5 Å². The summed E-state index contributed by atoms with van der Waals surface area (Å²) in [6.45, 7) is 6.20. The van der Waals surface area contributed by atoms with E-state index in [1.165, 1.54) is 12.5 Å². The first-order chi connectivity index (χ1) is 8.49. The van der Waals surface area contributed by atoms with Gasteiger partial charge in [-0.05, 0) is 39.8 Å². The van der Waals surface area contributed by atoms with E-state index < -0.39 is 10.0 Å². The molecule has 1 aliphatic rings. The normalized spacial score (nSPS) is 19.5. The van der Waals surface area contributed by atoms with Crippen LogP contribution in [0.25, 0.3) is 0 Å². The van der Waals surface area contributed by atoms with Crippen LogP contribution >= 0.6 is 0 Å². The number of piperidine rings is 1. The zero-order chi connectivity index (χ0) is 13.2. The summed E-state index contributed by atoms with van der Waals surface area (Å²) in [5.74, 6) is 0. The summed E-state index contributed by atoms with van der Waals surface area (Å²) in [7, 11) is -3.44. The second-order valence-corrected chi connectivity index (χ2v) is 6.62. The maximum atomic E-state index is 12.0. The molecular weight excluding hydrogens is 252 g/mol. The molecule has 0 amide bonds. The van der Waals surface area contributed by atoms with Crippen molar-refractivity contribution in [2.75, 3.05) is 13.1 Å². The zero-order valence-electron chi connectivity index (χ0n) is 10.8. The Morgan fingerprint density at radius 2 is 2.11 bits per heavy atom. The number of hydrogen-bond donors (Lipinski definition) is 2. The first kappa shape index (κ1) is 13.5. The van der Waals surface area contributed by atoms with Gasteiger partial charge in [-0.15, -0.1) is 0 Å². The van der Waals surface area contributed by atoms with E-state index in [1.54, 1.807) is 0 Å². The molecule has 0 atom stereocenters. The number of nitrogens with one attached hydrogen (secondary N) is 2. The topological polar surface area (TPSA) is 78.1 Å². The Morgan fingerprint density at radius 1 is 1.44 bits per heavy atom. The molecule has 0 unspecified atom stereocenters. The van der Waals surface area contributed by atoms with Crippen LogP contribution in [0.5, 0.6) is 0 Å². The fourth-order valence-corrected chi connectivity index (χ4v) is 3.42. The van der Waals surface area contributed by atoms with Crippen LogP contribution in [0.4, 0.5) is 0 Å². The number of hydrogen-bond acceptors (Lipinski definition) is 4. The lowest BCUT2D eigenvalue weighted by Gasteiger charge is -2.34. The van der Waals surface area contributed by atoms with Gasteiger partial charge in [0.2, 0.25) is 0 Å². The summed E-state index contributed by atoms with van der Waals surface area (Å²) in [5.41, 5.74) is 0. The Hall–Kier alpha value is -0.920. The van der Waals surface area contributed by atoms with Gasteiger partial charge in [-0.3, -0.25) is 0 Å². The Bertz CT molecular complexity index is 461. The number of likely N-dealkylation sites (tertiary alicyclic amines) is 1. The summed E-state index contributed by atoms with van der Waals surface area (Å²) < 4.78 is 26.7. The monoisotopic (exact) mass is 272 g/mol. The number of sulfonamides is 1. The molecule has 6 nitrogen and oxygen atoms in total. The molecule has 0 radical (unpaired) electrons. The van der Waals surface area contributed by atoms with Crippen LogP contribution in [0, 0.1) is 0 Å². The smallest absolute Gasteiger partial charge is 0.257 e. The van der Waals surface area contributed by atoms with Gasteiger partial charge in [0.15, 0.2) is 5.03 Å². The molecule has 1 saturated heterocycles. The van der Waals surface area contributed by atoms with E-state index in [0.717, 1.165) is 25.9 Å². The van der Waals surface area contributed by atoms with Gasteiger partial charge < -0.3 is 9.88 Å². The fourth-order valence-electron chi connectivity index (χ4n) is 2.21. The van der Waals surface area contributed by atoms with Crippen molar-refractivity contribution >= 4 is 10.0 Å². The van der Waals surface area contributed by atoms with E-state index in [0.29, 0.717) is 6.04 Å². The van der Waals surface area contributed by atoms with Crippen LogP contribution in [0.1, 0.15) is 26.7 Å². The van der Waals surface area contributed by atoms with Gasteiger partial charge >= 0.3 is 0 Å². The molecule has 0 aliphatic carbocycles. The maximum absolute atomic E-state index is 12.0. The lowest BCUT2D eigenvalue weighted by Crippen LogP contribution is -2.46. The molecule has 2 heterocycles. The number of nitrogens with zero attached hydrogens (tertiary/aromatic N) is 2. The molecule has 18 heavy (non-hydrogen) atoms. The molecule has 0 spiro atoms. The summed E-state index contributed by atoms with van der Waals surface area (Å²) in [6.07, 6.45) is 4.40. The van der Waals surface area contributed by atoms with E-state index in [2.05, 4.69) is 33.4 Å². The summed E-state index contributed by atoms with van der Waals surface area (Å²) in [5, 5.41) is 0.133. The van der Waals surface area contributed by atoms with Gasteiger partial charge in [-0.2, -0.15) is 0 Å². The minimum absolute atomic E-state index is 0.0216. The summed E-state index contributed by atoms with van der Waals surface area (Å²) in [6, 6.07) is 0.545. The third kappa shape index (κ3) is 3.09. The Balaban J connectivity index is 1.92. The third-order valence-corrected chi connectivity index (χ3v) is 4.79. The number of H-pyrrole nitrogens is 1. The quantitative estimate of drug-likeness (QED) is 0.839. The van der Waals surface area contributed by atoms with E-state index in [-0.39, 0.29) is 11.1 Å². The Labute approximate surface area is 108 Å². The van der Waals surface area contributed by atoms with E-state index in [4.69, 9.17) is 0 Å². The van der Waals surface area contributed by atoms with Gasteiger partial charge in [0.1, 0.15) is 0 Å². The number of aromatic amines is 1. The summed E-state index contributed by atoms with van der Waals surface area (Å²) >= 11 is 0. The average Bonchev–Trinajstić information content (AvgIpc) is 2.83. The second kappa shape index (κ2) is 5.38.